The molecule has 2 amide bonds. The van der Waals surface area contributed by atoms with Gasteiger partial charge in [0, 0.05) is 31.1 Å². The molecule has 1 saturated carbocycles. The van der Waals surface area contributed by atoms with E-state index in [-0.39, 0.29) is 17.8 Å². The van der Waals surface area contributed by atoms with Crippen LogP contribution in [0.3, 0.4) is 0 Å². The molecule has 0 spiro atoms. The Morgan fingerprint density at radius 3 is 2.33 bits per heavy atom. The van der Waals surface area contributed by atoms with Crippen molar-refractivity contribution in [2.45, 2.75) is 89.8 Å². The topological polar surface area (TPSA) is 87.7 Å². The van der Waals surface area contributed by atoms with Gasteiger partial charge in [-0.15, -0.1) is 0 Å². The lowest BCUT2D eigenvalue weighted by molar-refractivity contribution is -0.165. The number of piperidine rings is 1. The minimum atomic E-state index is -0.717. The summed E-state index contributed by atoms with van der Waals surface area (Å²) >= 11 is 6.12. The van der Waals surface area contributed by atoms with Crippen molar-refractivity contribution >= 4 is 29.4 Å². The molecule has 2 aliphatic heterocycles. The molecule has 2 atom stereocenters. The van der Waals surface area contributed by atoms with Gasteiger partial charge in [-0.25, -0.2) is 0 Å². The van der Waals surface area contributed by atoms with E-state index in [1.165, 1.54) is 18.4 Å². The number of ether oxygens (including phenoxy) is 1. The molecule has 1 unspecified atom stereocenters. The second kappa shape index (κ2) is 14.0. The van der Waals surface area contributed by atoms with Gasteiger partial charge in [0.2, 0.25) is 11.8 Å². The minimum absolute atomic E-state index is 0.0985. The van der Waals surface area contributed by atoms with Gasteiger partial charge in [0.25, 0.3) is 0 Å². The van der Waals surface area contributed by atoms with Gasteiger partial charge >= 0.3 is 5.97 Å². The monoisotopic (exact) mass is 593 g/mol. The van der Waals surface area contributed by atoms with Crippen LogP contribution in [0, 0.1) is 11.3 Å². The van der Waals surface area contributed by atoms with E-state index in [0.29, 0.717) is 62.9 Å². The molecule has 226 valence electrons. The summed E-state index contributed by atoms with van der Waals surface area (Å²) in [6.07, 6.45) is 8.95. The van der Waals surface area contributed by atoms with Crippen molar-refractivity contribution < 1.29 is 19.1 Å². The number of carbonyl (C=O) groups is 3. The first kappa shape index (κ1) is 30.6. The number of amides is 2. The summed E-state index contributed by atoms with van der Waals surface area (Å²) in [6.45, 7) is 3.81. The summed E-state index contributed by atoms with van der Waals surface area (Å²) in [5.41, 5.74) is 2.74. The van der Waals surface area contributed by atoms with E-state index < -0.39 is 17.5 Å². The molecule has 3 aliphatic rings. The quantitative estimate of drug-likeness (QED) is 0.323. The third kappa shape index (κ3) is 7.00. The van der Waals surface area contributed by atoms with Gasteiger partial charge in [-0.2, -0.15) is 0 Å². The molecule has 7 nitrogen and oxygen atoms in total. The van der Waals surface area contributed by atoms with Gasteiger partial charge in [-0.3, -0.25) is 14.4 Å². The predicted octanol–water partition coefficient (Wildman–Crippen LogP) is 5.22. The van der Waals surface area contributed by atoms with E-state index in [1.54, 1.807) is 12.1 Å². The number of rotatable bonds is 8. The lowest BCUT2D eigenvalue weighted by Crippen LogP contribution is -2.58. The maximum Gasteiger partial charge on any atom is 0.312 e. The first-order chi connectivity index (χ1) is 20.4. The van der Waals surface area contributed by atoms with Crippen molar-refractivity contribution in [2.75, 3.05) is 19.7 Å². The lowest BCUT2D eigenvalue weighted by atomic mass is 9.66. The fraction of sp³-hybridized carbons (Fsp3) is 0.559. The van der Waals surface area contributed by atoms with Crippen LogP contribution in [0.2, 0.25) is 5.02 Å². The highest BCUT2D eigenvalue weighted by Gasteiger charge is 2.49. The summed E-state index contributed by atoms with van der Waals surface area (Å²) in [4.78, 5) is 42.9. The van der Waals surface area contributed by atoms with Crippen LogP contribution >= 0.6 is 11.6 Å². The average molecular weight is 594 g/mol. The Bertz CT molecular complexity index is 1230. The lowest BCUT2D eigenvalue weighted by Gasteiger charge is -2.45. The Balaban J connectivity index is 1.31. The van der Waals surface area contributed by atoms with Crippen LogP contribution in [-0.2, 0) is 38.5 Å². The Morgan fingerprint density at radius 2 is 1.67 bits per heavy atom. The van der Waals surface area contributed by atoms with E-state index in [1.807, 2.05) is 36.1 Å². The van der Waals surface area contributed by atoms with Gasteiger partial charge in [0.15, 0.2) is 0 Å². The fourth-order valence-corrected chi connectivity index (χ4v) is 7.33. The van der Waals surface area contributed by atoms with Gasteiger partial charge in [0.05, 0.1) is 18.1 Å². The smallest absolute Gasteiger partial charge is 0.312 e. The number of carbonyl (C=O) groups excluding carboxylic acids is 3. The maximum atomic E-state index is 14.1. The van der Waals surface area contributed by atoms with Crippen molar-refractivity contribution in [3.05, 3.63) is 70.2 Å². The fourth-order valence-electron chi connectivity index (χ4n) is 7.20. The highest BCUT2D eigenvalue weighted by molar-refractivity contribution is 6.30. The Morgan fingerprint density at radius 1 is 1.00 bits per heavy atom. The molecule has 1 aliphatic carbocycles. The van der Waals surface area contributed by atoms with Crippen LogP contribution in [0.25, 0.3) is 0 Å². The molecule has 5 rings (SSSR count). The molecule has 2 fully saturated rings. The maximum absolute atomic E-state index is 14.1. The minimum Gasteiger partial charge on any atom is -0.466 e. The number of hydrogen-bond donors (Lipinski definition) is 2. The van der Waals surface area contributed by atoms with Crippen LogP contribution in [-0.4, -0.2) is 54.5 Å². The predicted molar refractivity (Wildman–Crippen MR) is 164 cm³/mol. The number of likely N-dealkylation sites (tertiary alicyclic amines) is 1. The summed E-state index contributed by atoms with van der Waals surface area (Å²) in [7, 11) is 0. The summed E-state index contributed by atoms with van der Waals surface area (Å²) in [5, 5.41) is 7.06. The number of nitrogens with one attached hydrogen (secondary N) is 2. The van der Waals surface area contributed by atoms with E-state index >= 15 is 0 Å². The summed E-state index contributed by atoms with van der Waals surface area (Å²) in [5.74, 6) is -0.0826. The Hall–Kier alpha value is -2.90. The van der Waals surface area contributed by atoms with Crippen molar-refractivity contribution in [1.29, 1.82) is 0 Å². The highest BCUT2D eigenvalue weighted by Crippen LogP contribution is 2.46. The first-order valence-electron chi connectivity index (χ1n) is 15.7. The number of benzene rings is 2. The zero-order valence-corrected chi connectivity index (χ0v) is 25.5. The molecule has 2 aromatic rings. The molecule has 2 N–H and O–H groups in total. The third-order valence-corrected chi connectivity index (χ3v) is 9.90. The second-order valence-electron chi connectivity index (χ2n) is 12.2. The van der Waals surface area contributed by atoms with Crippen LogP contribution in [0.1, 0.15) is 75.0 Å². The van der Waals surface area contributed by atoms with E-state index in [4.69, 9.17) is 16.3 Å². The van der Waals surface area contributed by atoms with Gasteiger partial charge in [-0.05, 0) is 73.8 Å². The summed E-state index contributed by atoms with van der Waals surface area (Å²) in [6, 6.07) is 14.4. The number of nitrogens with zero attached hydrogens (tertiary/aromatic N) is 1. The number of esters is 1. The van der Waals surface area contributed by atoms with Gasteiger partial charge in [-0.1, -0.05) is 73.7 Å². The molecule has 0 bridgehead atoms. The molecule has 0 aromatic heterocycles. The van der Waals surface area contributed by atoms with Crippen LogP contribution in [0.5, 0.6) is 0 Å². The third-order valence-electron chi connectivity index (χ3n) is 9.65. The highest BCUT2D eigenvalue weighted by atomic mass is 35.5. The van der Waals surface area contributed by atoms with E-state index in [2.05, 4.69) is 22.8 Å². The van der Waals surface area contributed by atoms with Crippen LogP contribution < -0.4 is 10.6 Å². The van der Waals surface area contributed by atoms with E-state index in [9.17, 15) is 14.4 Å². The normalized spacial score (nSPS) is 21.5. The molecule has 2 heterocycles. The Kier molecular flexibility index (Phi) is 10.2. The van der Waals surface area contributed by atoms with Crippen LogP contribution in [0.15, 0.2) is 48.5 Å². The van der Waals surface area contributed by atoms with E-state index in [0.717, 1.165) is 36.8 Å². The number of hydrogen-bond acceptors (Lipinski definition) is 5. The zero-order chi connectivity index (χ0) is 29.5. The molecule has 1 saturated heterocycles. The van der Waals surface area contributed by atoms with Crippen LogP contribution in [0.4, 0.5) is 0 Å². The zero-order valence-electron chi connectivity index (χ0n) is 24.7. The number of fused-ring (bicyclic) bond motifs is 1. The van der Waals surface area contributed by atoms with Crippen molar-refractivity contribution in [2.24, 2.45) is 11.3 Å². The van der Waals surface area contributed by atoms with Gasteiger partial charge in [0.1, 0.15) is 6.04 Å². The van der Waals surface area contributed by atoms with Crippen molar-refractivity contribution in [1.82, 2.24) is 15.5 Å². The molecule has 2 aromatic carbocycles. The SMILES string of the molecule is CCOC(=O)C1(C2CCCCCC2)CCN(C(=O)[C@@H](Cc2ccc(Cl)cc2)NC(=O)C2Cc3ccccc3CN2)CC1. The van der Waals surface area contributed by atoms with Crippen molar-refractivity contribution in [3.63, 3.8) is 0 Å². The second-order valence-corrected chi connectivity index (χ2v) is 12.6. The number of halogens is 1. The molecular formula is C34H44ClN3O4. The average Bonchev–Trinajstić information content (AvgIpc) is 3.31. The Labute approximate surface area is 254 Å². The largest absolute Gasteiger partial charge is 0.466 e. The van der Waals surface area contributed by atoms with Gasteiger partial charge < -0.3 is 20.3 Å². The standard InChI is InChI=1S/C34H44ClN3O4/c1-2-42-33(41)34(27-11-5-3-4-6-12-27)17-19-38(20-18-34)32(40)30(21-24-13-15-28(35)16-14-24)37-31(39)29-22-25-9-7-8-10-26(25)23-36-29/h7-10,13-16,27,29-30,36H,2-6,11-12,17-23H2,1H3,(H,37,39)/t29?,30-/m1/s1. The molecule has 8 heteroatoms. The molecular weight excluding hydrogens is 550 g/mol. The van der Waals surface area contributed by atoms with Crippen molar-refractivity contribution in [3.8, 4) is 0 Å². The molecule has 0 radical (unpaired) electrons. The summed E-state index contributed by atoms with van der Waals surface area (Å²) < 4.78 is 5.64. The molecule has 42 heavy (non-hydrogen) atoms. The first-order valence-corrected chi connectivity index (χ1v) is 16.1.